The van der Waals surface area contributed by atoms with Crippen LogP contribution in [-0.4, -0.2) is 10.6 Å². The molecule has 0 fully saturated rings. The molecule has 0 saturated heterocycles. The molecular weight excluding hydrogens is 621 g/mol. The van der Waals surface area contributed by atoms with Crippen LogP contribution in [0.4, 0.5) is 11.4 Å². The molecule has 0 radical (unpaired) electrons. The number of fused-ring (bicyclic) bond motifs is 9. The second-order valence-electron chi connectivity index (χ2n) is 13.6. The Bertz CT molecular complexity index is 2900. The maximum absolute atomic E-state index is 6.31. The van der Waals surface area contributed by atoms with Crippen LogP contribution in [0.25, 0.3) is 71.7 Å². The number of para-hydroxylation sites is 4. The molecule has 0 spiro atoms. The van der Waals surface area contributed by atoms with Gasteiger partial charge in [0.1, 0.15) is 11.2 Å². The summed E-state index contributed by atoms with van der Waals surface area (Å²) in [6, 6.07) is 59.3. The summed E-state index contributed by atoms with van der Waals surface area (Å²) in [5, 5.41) is 4.79. The van der Waals surface area contributed by atoms with Gasteiger partial charge in [0.15, 0.2) is 0 Å². The van der Waals surface area contributed by atoms with Crippen LogP contribution >= 0.6 is 0 Å². The van der Waals surface area contributed by atoms with Crippen molar-refractivity contribution in [2.75, 3.05) is 4.90 Å². The molecule has 0 N–H and O–H groups in total. The van der Waals surface area contributed by atoms with Crippen LogP contribution in [-0.2, 0) is 0 Å². The molecule has 51 heavy (non-hydrogen) atoms. The minimum Gasteiger partial charge on any atom is -0.456 e. The Kier molecular flexibility index (Phi) is 6.08. The molecule has 3 heterocycles. The average Bonchev–Trinajstić information content (AvgIpc) is 3.85. The Morgan fingerprint density at radius 1 is 0.490 bits per heavy atom. The lowest BCUT2D eigenvalue weighted by Gasteiger charge is -2.31. The van der Waals surface area contributed by atoms with Gasteiger partial charge in [-0.05, 0) is 83.3 Å². The van der Waals surface area contributed by atoms with Gasteiger partial charge in [0.2, 0.25) is 0 Å². The van der Waals surface area contributed by atoms with Gasteiger partial charge in [-0.3, -0.25) is 0 Å². The quantitative estimate of drug-likeness (QED) is 0.189. The normalized spacial score (nSPS) is 15.4. The molecule has 2 aromatic heterocycles. The standard InChI is InChI=1S/C48H32N2O/c1-2-12-31(13-3-1)35-14-4-8-18-42(35)50-44-20-10-6-16-37(44)41-29-33(23-27-46(41)50)32-22-26-45-40(28-32)36-15-5-9-19-43(36)49(45)34-24-25-39-38-17-7-11-21-47(38)51-48(39)30-34/h1-26,28-30,46H,27H2. The summed E-state index contributed by atoms with van der Waals surface area (Å²) in [6.45, 7) is 0. The second-order valence-corrected chi connectivity index (χ2v) is 13.6. The molecule has 3 nitrogen and oxygen atoms in total. The van der Waals surface area contributed by atoms with Crippen molar-refractivity contribution < 1.29 is 4.42 Å². The van der Waals surface area contributed by atoms with E-state index in [0.717, 1.165) is 34.0 Å². The van der Waals surface area contributed by atoms with E-state index in [-0.39, 0.29) is 6.04 Å². The lowest BCUT2D eigenvalue weighted by molar-refractivity contribution is 0.668. The van der Waals surface area contributed by atoms with E-state index in [1.165, 1.54) is 66.6 Å². The first-order chi connectivity index (χ1) is 25.3. The third-order valence-corrected chi connectivity index (χ3v) is 10.9. The molecule has 0 saturated carbocycles. The molecule has 7 aromatic carbocycles. The predicted molar refractivity (Wildman–Crippen MR) is 213 cm³/mol. The minimum absolute atomic E-state index is 0.231. The fourth-order valence-electron chi connectivity index (χ4n) is 8.61. The largest absolute Gasteiger partial charge is 0.456 e. The van der Waals surface area contributed by atoms with Crippen LogP contribution in [0.2, 0.25) is 0 Å². The summed E-state index contributed by atoms with van der Waals surface area (Å²) in [7, 11) is 0. The summed E-state index contributed by atoms with van der Waals surface area (Å²) in [4.78, 5) is 2.56. The monoisotopic (exact) mass is 652 g/mol. The second kappa shape index (κ2) is 11.0. The lowest BCUT2D eigenvalue weighted by Crippen LogP contribution is -2.28. The van der Waals surface area contributed by atoms with E-state index in [1.54, 1.807) is 0 Å². The molecule has 1 atom stereocenters. The van der Waals surface area contributed by atoms with Crippen LogP contribution in [0.3, 0.4) is 0 Å². The molecule has 9 aromatic rings. The molecule has 1 aliphatic carbocycles. The summed E-state index contributed by atoms with van der Waals surface area (Å²) in [5.41, 5.74) is 15.5. The summed E-state index contributed by atoms with van der Waals surface area (Å²) in [6.07, 6.45) is 5.80. The maximum atomic E-state index is 6.31. The Balaban J connectivity index is 1.02. The zero-order chi connectivity index (χ0) is 33.5. The average molecular weight is 653 g/mol. The maximum Gasteiger partial charge on any atom is 0.137 e. The third-order valence-electron chi connectivity index (χ3n) is 10.9. The van der Waals surface area contributed by atoms with Gasteiger partial charge in [0.05, 0.1) is 17.1 Å². The number of furan rings is 1. The van der Waals surface area contributed by atoms with E-state index < -0.39 is 0 Å². The molecule has 11 rings (SSSR count). The Morgan fingerprint density at radius 2 is 1.18 bits per heavy atom. The van der Waals surface area contributed by atoms with Gasteiger partial charge in [-0.2, -0.15) is 0 Å². The minimum atomic E-state index is 0.231. The topological polar surface area (TPSA) is 21.3 Å². The van der Waals surface area contributed by atoms with Gasteiger partial charge in [-0.25, -0.2) is 0 Å². The number of aromatic nitrogens is 1. The van der Waals surface area contributed by atoms with E-state index in [0.29, 0.717) is 0 Å². The first kappa shape index (κ1) is 28.3. The molecule has 0 bridgehead atoms. The number of allylic oxidation sites excluding steroid dienone is 2. The van der Waals surface area contributed by atoms with Crippen LogP contribution in [0, 0.1) is 0 Å². The highest BCUT2D eigenvalue weighted by Gasteiger charge is 2.36. The van der Waals surface area contributed by atoms with E-state index >= 15 is 0 Å². The van der Waals surface area contributed by atoms with Crippen molar-refractivity contribution in [3.05, 3.63) is 187 Å². The number of benzene rings is 7. The highest BCUT2D eigenvalue weighted by atomic mass is 16.3. The van der Waals surface area contributed by atoms with Crippen LogP contribution in [0.1, 0.15) is 17.5 Å². The highest BCUT2D eigenvalue weighted by Crippen LogP contribution is 2.51. The molecular formula is C48H32N2O. The van der Waals surface area contributed by atoms with Crippen molar-refractivity contribution >= 4 is 66.3 Å². The highest BCUT2D eigenvalue weighted by molar-refractivity contribution is 6.11. The van der Waals surface area contributed by atoms with Crippen LogP contribution in [0.5, 0.6) is 0 Å². The van der Waals surface area contributed by atoms with Gasteiger partial charge < -0.3 is 13.9 Å². The summed E-state index contributed by atoms with van der Waals surface area (Å²) >= 11 is 0. The van der Waals surface area contributed by atoms with Crippen molar-refractivity contribution in [2.24, 2.45) is 0 Å². The van der Waals surface area contributed by atoms with Gasteiger partial charge >= 0.3 is 0 Å². The van der Waals surface area contributed by atoms with Crippen molar-refractivity contribution in [3.63, 3.8) is 0 Å². The number of rotatable bonds is 4. The van der Waals surface area contributed by atoms with Crippen molar-refractivity contribution in [1.82, 2.24) is 4.57 Å². The van der Waals surface area contributed by atoms with E-state index in [2.05, 4.69) is 173 Å². The first-order valence-corrected chi connectivity index (χ1v) is 17.7. The Labute approximate surface area is 295 Å². The van der Waals surface area contributed by atoms with Crippen LogP contribution < -0.4 is 4.90 Å². The number of hydrogen-bond acceptors (Lipinski definition) is 2. The number of anilines is 2. The number of nitrogens with zero attached hydrogens (tertiary/aromatic N) is 2. The fourth-order valence-corrected chi connectivity index (χ4v) is 8.61. The molecule has 3 heteroatoms. The van der Waals surface area contributed by atoms with E-state index in [1.807, 2.05) is 12.1 Å². The Hall–Kier alpha value is -6.58. The molecule has 0 amide bonds. The summed E-state index contributed by atoms with van der Waals surface area (Å²) < 4.78 is 8.68. The SMILES string of the molecule is C1=C(c2ccc3c(c2)c2ccccc2n3-c2ccc3c(c2)oc2ccccc23)C=C2c3ccccc3N(c3ccccc3-c3ccccc3)C2C1. The molecule has 1 unspecified atom stereocenters. The van der Waals surface area contributed by atoms with Gasteiger partial charge in [0.25, 0.3) is 0 Å². The van der Waals surface area contributed by atoms with E-state index in [4.69, 9.17) is 4.42 Å². The van der Waals surface area contributed by atoms with Gasteiger partial charge in [0, 0.05) is 55.8 Å². The van der Waals surface area contributed by atoms with E-state index in [9.17, 15) is 0 Å². The third kappa shape index (κ3) is 4.25. The van der Waals surface area contributed by atoms with Crippen molar-refractivity contribution in [1.29, 1.82) is 0 Å². The molecule has 240 valence electrons. The smallest absolute Gasteiger partial charge is 0.137 e. The predicted octanol–water partition coefficient (Wildman–Crippen LogP) is 12.7. The van der Waals surface area contributed by atoms with Crippen molar-refractivity contribution in [3.8, 4) is 16.8 Å². The zero-order valence-electron chi connectivity index (χ0n) is 27.8. The fraction of sp³-hybridized carbons (Fsp3) is 0.0417. The van der Waals surface area contributed by atoms with Gasteiger partial charge in [-0.1, -0.05) is 115 Å². The van der Waals surface area contributed by atoms with Gasteiger partial charge in [-0.15, -0.1) is 0 Å². The Morgan fingerprint density at radius 3 is 2.06 bits per heavy atom. The molecule has 1 aliphatic heterocycles. The number of hydrogen-bond donors (Lipinski definition) is 0. The lowest BCUT2D eigenvalue weighted by atomic mass is 9.88. The zero-order valence-corrected chi connectivity index (χ0v) is 27.8. The summed E-state index contributed by atoms with van der Waals surface area (Å²) in [5.74, 6) is 0. The first-order valence-electron chi connectivity index (χ1n) is 17.7. The molecule has 2 aliphatic rings. The van der Waals surface area contributed by atoms with Crippen molar-refractivity contribution in [2.45, 2.75) is 12.5 Å². The van der Waals surface area contributed by atoms with Crippen LogP contribution in [0.15, 0.2) is 180 Å².